The predicted molar refractivity (Wildman–Crippen MR) is 129 cm³/mol. The number of para-hydroxylation sites is 1. The van der Waals surface area contributed by atoms with Gasteiger partial charge in [-0.1, -0.05) is 62.2 Å². The van der Waals surface area contributed by atoms with Gasteiger partial charge < -0.3 is 0 Å². The minimum Gasteiger partial charge on any atom is -0.299 e. The molecule has 0 atom stereocenters. The maximum atomic E-state index is 13.1. The van der Waals surface area contributed by atoms with Gasteiger partial charge in [0.05, 0.1) is 12.2 Å². The largest absolute Gasteiger partial charge is 0.328 e. The van der Waals surface area contributed by atoms with Gasteiger partial charge in [-0.05, 0) is 34.0 Å². The zero-order chi connectivity index (χ0) is 23.0. The lowest BCUT2D eigenvalue weighted by molar-refractivity contribution is 0.573. The number of imidazole rings is 1. The Bertz CT molecular complexity index is 1280. The molecule has 0 fully saturated rings. The molecule has 2 aromatic heterocycles. The van der Waals surface area contributed by atoms with Gasteiger partial charge in [-0.3, -0.25) is 9.13 Å². The fourth-order valence-corrected chi connectivity index (χ4v) is 4.01. The lowest BCUT2D eigenvalue weighted by Crippen LogP contribution is -2.25. The minimum absolute atomic E-state index is 0.0335. The van der Waals surface area contributed by atoms with E-state index in [1.165, 1.54) is 0 Å². The van der Waals surface area contributed by atoms with Crippen LogP contribution in [0.4, 0.5) is 0 Å². The van der Waals surface area contributed by atoms with Crippen molar-refractivity contribution in [2.45, 2.75) is 52.1 Å². The quantitative estimate of drug-likeness (QED) is 0.275. The molecule has 0 N–H and O–H groups in total. The molecule has 0 aliphatic rings. The third-order valence-electron chi connectivity index (χ3n) is 5.76. The molecule has 0 bridgehead atoms. The van der Waals surface area contributed by atoms with Crippen molar-refractivity contribution >= 4 is 0 Å². The molecule has 4 rings (SSSR count). The fourth-order valence-electron chi connectivity index (χ4n) is 4.01. The molecule has 2 aromatic carbocycles. The normalized spacial score (nSPS) is 10.9. The molecule has 33 heavy (non-hydrogen) atoms. The van der Waals surface area contributed by atoms with Crippen LogP contribution in [0, 0.1) is 12.3 Å². The van der Waals surface area contributed by atoms with E-state index in [-0.39, 0.29) is 5.69 Å². The van der Waals surface area contributed by atoms with E-state index in [0.29, 0.717) is 19.4 Å². The lowest BCUT2D eigenvalue weighted by Gasteiger charge is -2.10. The van der Waals surface area contributed by atoms with E-state index in [1.54, 1.807) is 11.0 Å². The number of rotatable bonds is 10. The van der Waals surface area contributed by atoms with Crippen molar-refractivity contribution in [2.75, 3.05) is 0 Å². The topological polar surface area (TPSA) is 70.5 Å². The second-order valence-corrected chi connectivity index (χ2v) is 8.06. The van der Waals surface area contributed by atoms with Crippen molar-refractivity contribution in [1.29, 1.82) is 0 Å². The third-order valence-corrected chi connectivity index (χ3v) is 5.76. The lowest BCUT2D eigenvalue weighted by atomic mass is 10.0. The van der Waals surface area contributed by atoms with Gasteiger partial charge in [0.25, 0.3) is 0 Å². The molecule has 0 unspecified atom stereocenters. The second kappa shape index (κ2) is 10.6. The van der Waals surface area contributed by atoms with Crippen LogP contribution in [0.25, 0.3) is 16.8 Å². The second-order valence-electron chi connectivity index (χ2n) is 8.06. The van der Waals surface area contributed by atoms with Crippen molar-refractivity contribution in [2.24, 2.45) is 0 Å². The van der Waals surface area contributed by atoms with Gasteiger partial charge in [0.15, 0.2) is 0 Å². The number of unbranched alkanes of at least 4 members (excludes halogenated alkanes) is 2. The number of aromatic nitrogens is 6. The molecular weight excluding hydrogens is 412 g/mol. The molecule has 0 saturated carbocycles. The molecule has 0 radical (unpaired) electrons. The van der Waals surface area contributed by atoms with Crippen LogP contribution in [0.5, 0.6) is 0 Å². The number of nitrogens with zero attached hydrogens (tertiary/aromatic N) is 6. The Hall–Kier alpha value is -3.92. The zero-order valence-electron chi connectivity index (χ0n) is 18.9. The van der Waals surface area contributed by atoms with Gasteiger partial charge in [0, 0.05) is 36.8 Å². The molecular formula is C26H28N6O. The van der Waals surface area contributed by atoms with Gasteiger partial charge in [0.1, 0.15) is 6.33 Å². The first-order chi connectivity index (χ1) is 16.2. The number of benzene rings is 2. The smallest absolute Gasteiger partial charge is 0.299 e. The van der Waals surface area contributed by atoms with Gasteiger partial charge in [-0.2, -0.15) is 4.68 Å². The maximum absolute atomic E-state index is 13.1. The summed E-state index contributed by atoms with van der Waals surface area (Å²) < 4.78 is 5.34. The molecule has 4 aromatic rings. The summed E-state index contributed by atoms with van der Waals surface area (Å²) in [7, 11) is 0. The van der Waals surface area contributed by atoms with Crippen LogP contribution in [0.2, 0.25) is 0 Å². The molecule has 0 amide bonds. The molecule has 0 saturated heterocycles. The SMILES string of the molecule is C#CCCc1cn(CCCCC)c(=O)n1Cc1ccc(-c2ccccc2-n2cnnn2)cc1. The third kappa shape index (κ3) is 5.12. The van der Waals surface area contributed by atoms with Gasteiger partial charge in [-0.25, -0.2) is 4.79 Å². The van der Waals surface area contributed by atoms with E-state index in [0.717, 1.165) is 53.9 Å². The summed E-state index contributed by atoms with van der Waals surface area (Å²) >= 11 is 0. The zero-order valence-corrected chi connectivity index (χ0v) is 18.9. The maximum Gasteiger partial charge on any atom is 0.328 e. The number of tetrazole rings is 1. The van der Waals surface area contributed by atoms with Crippen molar-refractivity contribution in [3.8, 4) is 29.2 Å². The van der Waals surface area contributed by atoms with Crippen molar-refractivity contribution in [1.82, 2.24) is 29.3 Å². The summed E-state index contributed by atoms with van der Waals surface area (Å²) in [4.78, 5) is 13.1. The fraction of sp³-hybridized carbons (Fsp3) is 0.308. The average molecular weight is 441 g/mol. The van der Waals surface area contributed by atoms with E-state index in [2.05, 4.69) is 52.6 Å². The summed E-state index contributed by atoms with van der Waals surface area (Å²) in [5, 5.41) is 11.5. The predicted octanol–water partition coefficient (Wildman–Crippen LogP) is 4.10. The van der Waals surface area contributed by atoms with Gasteiger partial charge in [0.2, 0.25) is 0 Å². The van der Waals surface area contributed by atoms with Crippen LogP contribution in [0.15, 0.2) is 65.8 Å². The Morgan fingerprint density at radius 2 is 1.88 bits per heavy atom. The number of hydrogen-bond donors (Lipinski definition) is 0. The Balaban J connectivity index is 1.59. The monoisotopic (exact) mass is 440 g/mol. The minimum atomic E-state index is 0.0335. The van der Waals surface area contributed by atoms with Gasteiger partial charge in [-0.15, -0.1) is 17.4 Å². The van der Waals surface area contributed by atoms with E-state index in [9.17, 15) is 4.79 Å². The van der Waals surface area contributed by atoms with Crippen molar-refractivity contribution in [3.63, 3.8) is 0 Å². The van der Waals surface area contributed by atoms with Crippen molar-refractivity contribution < 1.29 is 0 Å². The summed E-state index contributed by atoms with van der Waals surface area (Å²) in [5.74, 6) is 2.69. The number of hydrogen-bond acceptors (Lipinski definition) is 4. The molecule has 7 heteroatoms. The highest BCUT2D eigenvalue weighted by Crippen LogP contribution is 2.26. The standard InChI is InChI=1S/C26H28N6O/c1-3-5-9-17-30-19-23(10-6-4-2)31(26(30)33)18-21-13-15-22(16-14-21)24-11-7-8-12-25(24)32-20-27-28-29-32/h2,7-8,11-16,19-20H,3,5-6,9-10,17-18H2,1H3. The van der Waals surface area contributed by atoms with Crippen LogP contribution in [-0.4, -0.2) is 29.3 Å². The van der Waals surface area contributed by atoms with E-state index < -0.39 is 0 Å². The molecule has 7 nitrogen and oxygen atoms in total. The van der Waals surface area contributed by atoms with Crippen LogP contribution in [0.3, 0.4) is 0 Å². The Morgan fingerprint density at radius 3 is 2.61 bits per heavy atom. The highest BCUT2D eigenvalue weighted by Gasteiger charge is 2.12. The van der Waals surface area contributed by atoms with Crippen molar-refractivity contribution in [3.05, 3.63) is 82.8 Å². The summed E-state index contributed by atoms with van der Waals surface area (Å²) in [5.41, 5.74) is 5.09. The van der Waals surface area contributed by atoms with Crippen LogP contribution >= 0.6 is 0 Å². The summed E-state index contributed by atoms with van der Waals surface area (Å²) in [6.45, 7) is 3.43. The van der Waals surface area contributed by atoms with E-state index in [1.807, 2.05) is 39.6 Å². The van der Waals surface area contributed by atoms with E-state index >= 15 is 0 Å². The summed E-state index contributed by atoms with van der Waals surface area (Å²) in [6.07, 6.45) is 13.6. The van der Waals surface area contributed by atoms with Crippen LogP contribution in [0.1, 0.15) is 43.9 Å². The first-order valence-electron chi connectivity index (χ1n) is 11.3. The first-order valence-corrected chi connectivity index (χ1v) is 11.3. The molecule has 0 aliphatic carbocycles. The Labute approximate surface area is 193 Å². The average Bonchev–Trinajstić information content (AvgIpc) is 3.48. The number of aryl methyl sites for hydroxylation is 2. The molecule has 168 valence electrons. The Kier molecular flexibility index (Phi) is 7.16. The first kappa shape index (κ1) is 22.3. The van der Waals surface area contributed by atoms with Gasteiger partial charge >= 0.3 is 5.69 Å². The highest BCUT2D eigenvalue weighted by molar-refractivity contribution is 5.72. The molecule has 2 heterocycles. The molecule has 0 aliphatic heterocycles. The summed E-state index contributed by atoms with van der Waals surface area (Å²) in [6, 6.07) is 16.3. The number of terminal acetylenes is 1. The van der Waals surface area contributed by atoms with Crippen LogP contribution in [-0.2, 0) is 19.5 Å². The highest BCUT2D eigenvalue weighted by atomic mass is 16.1. The van der Waals surface area contributed by atoms with Crippen LogP contribution < -0.4 is 5.69 Å². The molecule has 0 spiro atoms. The Morgan fingerprint density at radius 1 is 1.06 bits per heavy atom. The van der Waals surface area contributed by atoms with E-state index in [4.69, 9.17) is 6.42 Å².